The minimum absolute atomic E-state index is 0.267. The van der Waals surface area contributed by atoms with Gasteiger partial charge in [-0.15, -0.1) is 5.10 Å². The molecule has 1 aliphatic rings. The zero-order chi connectivity index (χ0) is 16.5. The average molecular weight is 325 g/mol. The number of H-pyrrole nitrogens is 1. The number of tetrazole rings is 1. The van der Waals surface area contributed by atoms with Gasteiger partial charge in [-0.3, -0.25) is 9.89 Å². The number of rotatable bonds is 4. The Labute approximate surface area is 137 Å². The molecule has 0 saturated heterocycles. The van der Waals surface area contributed by atoms with Gasteiger partial charge in [0, 0.05) is 17.3 Å². The lowest BCUT2D eigenvalue weighted by molar-refractivity contribution is 0.102. The molecular formula is C15H15N7O2. The summed E-state index contributed by atoms with van der Waals surface area (Å²) in [6, 6.07) is 5.28. The third kappa shape index (κ3) is 2.39. The van der Waals surface area contributed by atoms with Crippen LogP contribution < -0.4 is 10.1 Å². The number of ether oxygens (including phenoxy) is 1. The highest BCUT2D eigenvalue weighted by molar-refractivity contribution is 6.05. The molecule has 1 aromatic carbocycles. The number of benzene rings is 1. The topological polar surface area (TPSA) is 111 Å². The first-order valence-corrected chi connectivity index (χ1v) is 7.55. The van der Waals surface area contributed by atoms with Gasteiger partial charge in [0.05, 0.1) is 18.5 Å². The summed E-state index contributed by atoms with van der Waals surface area (Å²) in [4.78, 5) is 12.7. The van der Waals surface area contributed by atoms with Crippen molar-refractivity contribution in [3.63, 3.8) is 0 Å². The number of amides is 1. The molecule has 2 N–H and O–H groups in total. The van der Waals surface area contributed by atoms with Crippen LogP contribution in [0.5, 0.6) is 5.75 Å². The van der Waals surface area contributed by atoms with Gasteiger partial charge < -0.3 is 10.1 Å². The average Bonchev–Trinajstić information content (AvgIpc) is 3.32. The molecule has 0 bridgehead atoms. The third-order valence-electron chi connectivity index (χ3n) is 4.07. The van der Waals surface area contributed by atoms with Crippen LogP contribution in [-0.2, 0) is 12.8 Å². The third-order valence-corrected chi connectivity index (χ3v) is 4.07. The molecule has 0 atom stereocenters. The first-order chi connectivity index (χ1) is 11.8. The standard InChI is InChI=1S/C15H15N7O2/c1-24-9-5-6-13(22-8-16-20-21-22)12(7-9)17-15(23)14-10-3-2-4-11(10)18-19-14/h5-8H,2-4H2,1H3,(H,17,23)(H,18,19). The smallest absolute Gasteiger partial charge is 0.276 e. The van der Waals surface area contributed by atoms with Crippen molar-refractivity contribution in [3.8, 4) is 11.4 Å². The summed E-state index contributed by atoms with van der Waals surface area (Å²) in [5, 5.41) is 21.1. The number of carbonyl (C=O) groups excluding carboxylic acids is 1. The Kier molecular flexibility index (Phi) is 3.45. The number of methoxy groups -OCH3 is 1. The van der Waals surface area contributed by atoms with Gasteiger partial charge in [0.2, 0.25) is 0 Å². The van der Waals surface area contributed by atoms with Crippen LogP contribution in [0.25, 0.3) is 5.69 Å². The van der Waals surface area contributed by atoms with Gasteiger partial charge in [0.1, 0.15) is 12.1 Å². The summed E-state index contributed by atoms with van der Waals surface area (Å²) in [5.74, 6) is 0.353. The van der Waals surface area contributed by atoms with Crippen molar-refractivity contribution < 1.29 is 9.53 Å². The molecule has 0 spiro atoms. The fourth-order valence-corrected chi connectivity index (χ4v) is 2.90. The number of fused-ring (bicyclic) bond motifs is 1. The van der Waals surface area contributed by atoms with Gasteiger partial charge >= 0.3 is 0 Å². The van der Waals surface area contributed by atoms with E-state index in [4.69, 9.17) is 4.74 Å². The summed E-state index contributed by atoms with van der Waals surface area (Å²) in [7, 11) is 1.57. The normalized spacial score (nSPS) is 12.9. The van der Waals surface area contributed by atoms with Gasteiger partial charge in [0.15, 0.2) is 5.69 Å². The lowest BCUT2D eigenvalue weighted by Crippen LogP contribution is -2.16. The fourth-order valence-electron chi connectivity index (χ4n) is 2.90. The first-order valence-electron chi connectivity index (χ1n) is 7.55. The maximum Gasteiger partial charge on any atom is 0.276 e. The predicted octanol–water partition coefficient (Wildman–Crippen LogP) is 1.13. The lowest BCUT2D eigenvalue weighted by Gasteiger charge is -2.11. The second-order valence-corrected chi connectivity index (χ2v) is 5.47. The van der Waals surface area contributed by atoms with E-state index in [1.807, 2.05) is 0 Å². The molecule has 1 amide bonds. The van der Waals surface area contributed by atoms with Crippen molar-refractivity contribution in [1.82, 2.24) is 30.4 Å². The van der Waals surface area contributed by atoms with E-state index in [9.17, 15) is 4.79 Å². The van der Waals surface area contributed by atoms with Crippen LogP contribution >= 0.6 is 0 Å². The summed E-state index contributed by atoms with van der Waals surface area (Å²) in [6.45, 7) is 0. The molecule has 4 rings (SSSR count). The number of anilines is 1. The highest BCUT2D eigenvalue weighted by Crippen LogP contribution is 2.27. The Morgan fingerprint density at radius 2 is 2.29 bits per heavy atom. The lowest BCUT2D eigenvalue weighted by atomic mass is 10.2. The van der Waals surface area contributed by atoms with Crippen LogP contribution in [0.15, 0.2) is 24.5 Å². The fraction of sp³-hybridized carbons (Fsp3) is 0.267. The van der Waals surface area contributed by atoms with Crippen LogP contribution in [0.2, 0.25) is 0 Å². The number of nitrogens with one attached hydrogen (secondary N) is 2. The summed E-state index contributed by atoms with van der Waals surface area (Å²) in [5.41, 5.74) is 3.67. The molecule has 0 radical (unpaired) electrons. The van der Waals surface area contributed by atoms with E-state index < -0.39 is 0 Å². The molecule has 9 nitrogen and oxygen atoms in total. The Morgan fingerprint density at radius 3 is 3.08 bits per heavy atom. The molecule has 0 saturated carbocycles. The van der Waals surface area contributed by atoms with E-state index >= 15 is 0 Å². The minimum Gasteiger partial charge on any atom is -0.497 e. The number of hydrogen-bond acceptors (Lipinski definition) is 6. The van der Waals surface area contributed by atoms with E-state index in [2.05, 4.69) is 31.0 Å². The first kappa shape index (κ1) is 14.4. The van der Waals surface area contributed by atoms with E-state index in [0.29, 0.717) is 22.8 Å². The van der Waals surface area contributed by atoms with Gasteiger partial charge in [-0.05, 0) is 41.8 Å². The molecule has 3 aromatic rings. The highest BCUT2D eigenvalue weighted by atomic mass is 16.5. The summed E-state index contributed by atoms with van der Waals surface area (Å²) < 4.78 is 6.72. The SMILES string of the molecule is COc1ccc(-n2cnnn2)c(NC(=O)c2n[nH]c3c2CCC3)c1. The molecule has 9 heteroatoms. The van der Waals surface area contributed by atoms with Gasteiger partial charge in [-0.25, -0.2) is 0 Å². The molecule has 24 heavy (non-hydrogen) atoms. The van der Waals surface area contributed by atoms with Crippen molar-refractivity contribution in [3.05, 3.63) is 41.5 Å². The van der Waals surface area contributed by atoms with E-state index in [1.165, 1.54) is 11.0 Å². The van der Waals surface area contributed by atoms with Crippen LogP contribution in [-0.4, -0.2) is 43.4 Å². The second-order valence-electron chi connectivity index (χ2n) is 5.47. The number of aryl methyl sites for hydroxylation is 1. The molecule has 122 valence electrons. The highest BCUT2D eigenvalue weighted by Gasteiger charge is 2.23. The van der Waals surface area contributed by atoms with Gasteiger partial charge in [0.25, 0.3) is 5.91 Å². The quantitative estimate of drug-likeness (QED) is 0.744. The number of hydrogen-bond donors (Lipinski definition) is 2. The van der Waals surface area contributed by atoms with Crippen LogP contribution in [0.4, 0.5) is 5.69 Å². The molecule has 0 aliphatic heterocycles. The zero-order valence-electron chi connectivity index (χ0n) is 13.0. The Morgan fingerprint density at radius 1 is 1.38 bits per heavy atom. The molecule has 1 aliphatic carbocycles. The number of nitrogens with zero attached hydrogens (tertiary/aromatic N) is 5. The van der Waals surface area contributed by atoms with E-state index in [0.717, 1.165) is 30.5 Å². The molecule has 0 fully saturated rings. The van der Waals surface area contributed by atoms with Crippen molar-refractivity contribution in [2.24, 2.45) is 0 Å². The molecule has 2 heterocycles. The largest absolute Gasteiger partial charge is 0.497 e. The van der Waals surface area contributed by atoms with Crippen molar-refractivity contribution in [2.75, 3.05) is 12.4 Å². The summed E-state index contributed by atoms with van der Waals surface area (Å²) in [6.07, 6.45) is 4.31. The maximum atomic E-state index is 12.7. The zero-order valence-corrected chi connectivity index (χ0v) is 13.0. The monoisotopic (exact) mass is 325 g/mol. The Hall–Kier alpha value is -3.23. The Balaban J connectivity index is 1.69. The van der Waals surface area contributed by atoms with E-state index in [-0.39, 0.29) is 5.91 Å². The Bertz CT molecular complexity index is 885. The predicted molar refractivity (Wildman–Crippen MR) is 84.3 cm³/mol. The van der Waals surface area contributed by atoms with Gasteiger partial charge in [-0.1, -0.05) is 0 Å². The minimum atomic E-state index is -0.267. The molecular weight excluding hydrogens is 310 g/mol. The van der Waals surface area contributed by atoms with Gasteiger partial charge in [-0.2, -0.15) is 9.78 Å². The van der Waals surface area contributed by atoms with Crippen molar-refractivity contribution in [2.45, 2.75) is 19.3 Å². The van der Waals surface area contributed by atoms with E-state index in [1.54, 1.807) is 25.3 Å². The molecule has 2 aromatic heterocycles. The van der Waals surface area contributed by atoms with Crippen LogP contribution in [0.1, 0.15) is 28.2 Å². The summed E-state index contributed by atoms with van der Waals surface area (Å²) >= 11 is 0. The maximum absolute atomic E-state index is 12.7. The van der Waals surface area contributed by atoms with Crippen LogP contribution in [0.3, 0.4) is 0 Å². The number of carbonyl (C=O) groups is 1. The number of aromatic nitrogens is 6. The van der Waals surface area contributed by atoms with Crippen molar-refractivity contribution in [1.29, 1.82) is 0 Å². The van der Waals surface area contributed by atoms with Crippen LogP contribution in [0, 0.1) is 0 Å². The molecule has 0 unspecified atom stereocenters. The number of aromatic amines is 1. The van der Waals surface area contributed by atoms with Crippen molar-refractivity contribution >= 4 is 11.6 Å². The second kappa shape index (κ2) is 5.76.